The minimum Gasteiger partial charge on any atom is -0.308 e. The normalized spacial score (nSPS) is 11.9. The zero-order valence-electron chi connectivity index (χ0n) is 12.9. The van der Waals surface area contributed by atoms with Crippen LogP contribution in [0.4, 0.5) is 8.78 Å². The van der Waals surface area contributed by atoms with Gasteiger partial charge in [0.25, 0.3) is 0 Å². The number of nitrogens with one attached hydrogen (secondary N) is 1. The van der Waals surface area contributed by atoms with Gasteiger partial charge in [-0.15, -0.1) is 0 Å². The third-order valence-electron chi connectivity index (χ3n) is 3.34. The molecule has 1 aromatic carbocycles. The summed E-state index contributed by atoms with van der Waals surface area (Å²) in [6.45, 7) is 9.13. The number of halogens is 2. The van der Waals surface area contributed by atoms with E-state index in [-0.39, 0.29) is 12.1 Å². The molecule has 3 nitrogen and oxygen atoms in total. The van der Waals surface area contributed by atoms with E-state index in [9.17, 15) is 8.78 Å². The lowest BCUT2D eigenvalue weighted by Gasteiger charge is -2.20. The molecule has 0 aliphatic rings. The van der Waals surface area contributed by atoms with Crippen molar-refractivity contribution in [2.24, 2.45) is 0 Å². The predicted molar refractivity (Wildman–Crippen MR) is 79.0 cm³/mol. The van der Waals surface area contributed by atoms with E-state index in [0.717, 1.165) is 23.4 Å². The first-order valence-corrected chi connectivity index (χ1v) is 6.96. The van der Waals surface area contributed by atoms with Crippen LogP contribution in [-0.2, 0) is 13.1 Å². The predicted octanol–water partition coefficient (Wildman–Crippen LogP) is 3.41. The van der Waals surface area contributed by atoms with Crippen LogP contribution in [0.2, 0.25) is 0 Å². The van der Waals surface area contributed by atoms with Gasteiger partial charge in [0.2, 0.25) is 0 Å². The van der Waals surface area contributed by atoms with E-state index in [2.05, 4.69) is 31.2 Å². The lowest BCUT2D eigenvalue weighted by molar-refractivity contribution is 0.423. The number of benzene rings is 1. The Morgan fingerprint density at radius 3 is 2.57 bits per heavy atom. The van der Waals surface area contributed by atoms with Gasteiger partial charge in [-0.1, -0.05) is 0 Å². The second-order valence-electron chi connectivity index (χ2n) is 6.25. The molecule has 5 heteroatoms. The summed E-state index contributed by atoms with van der Waals surface area (Å²) in [5.74, 6) is -0.855. The van der Waals surface area contributed by atoms with E-state index in [1.165, 1.54) is 6.07 Å². The summed E-state index contributed by atoms with van der Waals surface area (Å²) in [5.41, 5.74) is 2.33. The van der Waals surface area contributed by atoms with E-state index >= 15 is 0 Å². The topological polar surface area (TPSA) is 29.9 Å². The molecule has 2 rings (SSSR count). The lowest BCUT2D eigenvalue weighted by Crippen LogP contribution is -2.35. The summed E-state index contributed by atoms with van der Waals surface area (Å²) in [6.07, 6.45) is 1.77. The van der Waals surface area contributed by atoms with Gasteiger partial charge < -0.3 is 5.32 Å². The first-order valence-electron chi connectivity index (χ1n) is 6.96. The van der Waals surface area contributed by atoms with E-state index in [4.69, 9.17) is 0 Å². The Kier molecular flexibility index (Phi) is 4.42. The summed E-state index contributed by atoms with van der Waals surface area (Å²) in [7, 11) is 0. The maximum Gasteiger partial charge on any atom is 0.128 e. The number of hydrogen-bond acceptors (Lipinski definition) is 2. The Labute approximate surface area is 124 Å². The third kappa shape index (κ3) is 4.11. The van der Waals surface area contributed by atoms with Crippen molar-refractivity contribution in [3.05, 3.63) is 52.9 Å². The molecule has 1 aromatic heterocycles. The molecule has 114 valence electrons. The molecule has 0 amide bonds. The van der Waals surface area contributed by atoms with Crippen LogP contribution in [0, 0.1) is 18.6 Å². The monoisotopic (exact) mass is 293 g/mol. The van der Waals surface area contributed by atoms with E-state index < -0.39 is 11.6 Å². The van der Waals surface area contributed by atoms with E-state index in [1.54, 1.807) is 10.9 Å². The Morgan fingerprint density at radius 2 is 1.90 bits per heavy atom. The maximum absolute atomic E-state index is 13.7. The molecule has 0 saturated heterocycles. The SMILES string of the molecule is Cc1c(CNC(C)(C)C)cnn1Cc1cc(F)ccc1F. The van der Waals surface area contributed by atoms with Crippen molar-refractivity contribution < 1.29 is 8.78 Å². The van der Waals surface area contributed by atoms with Crippen LogP contribution in [0.25, 0.3) is 0 Å². The highest BCUT2D eigenvalue weighted by molar-refractivity contribution is 5.22. The molecule has 0 unspecified atom stereocenters. The van der Waals surface area contributed by atoms with Gasteiger partial charge in [-0.3, -0.25) is 4.68 Å². The van der Waals surface area contributed by atoms with Crippen LogP contribution < -0.4 is 5.32 Å². The molecule has 2 aromatic rings. The Bertz CT molecular complexity index is 627. The largest absolute Gasteiger partial charge is 0.308 e. The van der Waals surface area contributed by atoms with Crippen LogP contribution in [0.15, 0.2) is 24.4 Å². The average molecular weight is 293 g/mol. The van der Waals surface area contributed by atoms with Gasteiger partial charge in [-0.2, -0.15) is 5.10 Å². The Hall–Kier alpha value is -1.75. The van der Waals surface area contributed by atoms with Gasteiger partial charge >= 0.3 is 0 Å². The van der Waals surface area contributed by atoms with Gasteiger partial charge in [-0.25, -0.2) is 8.78 Å². The molecule has 0 bridgehead atoms. The quantitative estimate of drug-likeness (QED) is 0.936. The molecular weight excluding hydrogens is 272 g/mol. The molecule has 0 aliphatic carbocycles. The number of hydrogen-bond donors (Lipinski definition) is 1. The highest BCUT2D eigenvalue weighted by atomic mass is 19.1. The lowest BCUT2D eigenvalue weighted by atomic mass is 10.1. The molecular formula is C16H21F2N3. The summed E-state index contributed by atoms with van der Waals surface area (Å²) in [5, 5.41) is 7.66. The van der Waals surface area contributed by atoms with E-state index in [1.807, 2.05) is 6.92 Å². The first-order chi connectivity index (χ1) is 9.76. The van der Waals surface area contributed by atoms with Gasteiger partial charge in [0.15, 0.2) is 0 Å². The first kappa shape index (κ1) is 15.6. The number of nitrogens with zero attached hydrogens (tertiary/aromatic N) is 2. The van der Waals surface area contributed by atoms with Gasteiger partial charge in [0.1, 0.15) is 11.6 Å². The van der Waals surface area contributed by atoms with Gasteiger partial charge in [0.05, 0.1) is 12.7 Å². The average Bonchev–Trinajstić information content (AvgIpc) is 2.72. The standard InChI is InChI=1S/C16H21F2N3/c1-11-13(8-19-16(2,3)4)9-20-21(11)10-12-7-14(17)5-6-15(12)18/h5-7,9,19H,8,10H2,1-4H3. The van der Waals surface area contributed by atoms with Crippen LogP contribution in [-0.4, -0.2) is 15.3 Å². The van der Waals surface area contributed by atoms with Crippen LogP contribution in [0.1, 0.15) is 37.6 Å². The van der Waals surface area contributed by atoms with Crippen molar-refractivity contribution in [3.63, 3.8) is 0 Å². The van der Waals surface area contributed by atoms with Gasteiger partial charge in [-0.05, 0) is 45.9 Å². The van der Waals surface area contributed by atoms with Crippen LogP contribution >= 0.6 is 0 Å². The van der Waals surface area contributed by atoms with Crippen molar-refractivity contribution in [2.75, 3.05) is 0 Å². The minimum absolute atomic E-state index is 0.0171. The second-order valence-corrected chi connectivity index (χ2v) is 6.25. The minimum atomic E-state index is -0.439. The van der Waals surface area contributed by atoms with E-state index in [0.29, 0.717) is 12.1 Å². The number of aromatic nitrogens is 2. The molecule has 21 heavy (non-hydrogen) atoms. The summed E-state index contributed by atoms with van der Waals surface area (Å²) < 4.78 is 28.6. The molecule has 0 aliphatic heterocycles. The molecule has 0 spiro atoms. The van der Waals surface area contributed by atoms with Crippen molar-refractivity contribution in [1.29, 1.82) is 0 Å². The smallest absolute Gasteiger partial charge is 0.128 e. The summed E-state index contributed by atoms with van der Waals surface area (Å²) in [6, 6.07) is 3.47. The summed E-state index contributed by atoms with van der Waals surface area (Å²) >= 11 is 0. The molecule has 0 atom stereocenters. The molecule has 0 saturated carbocycles. The second kappa shape index (κ2) is 5.93. The number of rotatable bonds is 4. The highest BCUT2D eigenvalue weighted by Gasteiger charge is 2.13. The maximum atomic E-state index is 13.7. The highest BCUT2D eigenvalue weighted by Crippen LogP contribution is 2.15. The van der Waals surface area contributed by atoms with Crippen molar-refractivity contribution in [1.82, 2.24) is 15.1 Å². The van der Waals surface area contributed by atoms with Crippen LogP contribution in [0.5, 0.6) is 0 Å². The van der Waals surface area contributed by atoms with Crippen molar-refractivity contribution >= 4 is 0 Å². The molecule has 1 N–H and O–H groups in total. The fourth-order valence-corrected chi connectivity index (χ4v) is 2.00. The molecule has 1 heterocycles. The van der Waals surface area contributed by atoms with Gasteiger partial charge in [0, 0.05) is 28.9 Å². The zero-order chi connectivity index (χ0) is 15.6. The third-order valence-corrected chi connectivity index (χ3v) is 3.34. The van der Waals surface area contributed by atoms with Crippen molar-refractivity contribution in [3.8, 4) is 0 Å². The van der Waals surface area contributed by atoms with Crippen molar-refractivity contribution in [2.45, 2.75) is 46.3 Å². The zero-order valence-corrected chi connectivity index (χ0v) is 12.9. The molecule has 0 radical (unpaired) electrons. The Balaban J connectivity index is 2.15. The molecule has 0 fully saturated rings. The summed E-state index contributed by atoms with van der Waals surface area (Å²) in [4.78, 5) is 0. The van der Waals surface area contributed by atoms with Crippen LogP contribution in [0.3, 0.4) is 0 Å². The fraction of sp³-hybridized carbons (Fsp3) is 0.438. The fourth-order valence-electron chi connectivity index (χ4n) is 2.00. The Morgan fingerprint density at radius 1 is 1.19 bits per heavy atom.